The highest BCUT2D eigenvalue weighted by Crippen LogP contribution is 2.34. The van der Waals surface area contributed by atoms with Gasteiger partial charge >= 0.3 is 0 Å². The fraction of sp³-hybridized carbons (Fsp3) is 0.700. The van der Waals surface area contributed by atoms with Crippen molar-refractivity contribution in [3.63, 3.8) is 0 Å². The first-order valence-corrected chi connectivity index (χ1v) is 6.55. The number of anilines is 1. The first kappa shape index (κ1) is 10.9. The van der Waals surface area contributed by atoms with Crippen molar-refractivity contribution in [2.45, 2.75) is 37.5 Å². The molecule has 2 N–H and O–H groups in total. The lowest BCUT2D eigenvalue weighted by molar-refractivity contribution is 0.0840. The number of aromatic nitrogens is 2. The molecule has 2 aliphatic rings. The summed E-state index contributed by atoms with van der Waals surface area (Å²) in [6, 6.07) is 0.142. The number of carbonyl (C=O) groups excluding carboxylic acids is 1. The van der Waals surface area contributed by atoms with Gasteiger partial charge in [-0.25, -0.2) is 0 Å². The van der Waals surface area contributed by atoms with Gasteiger partial charge in [-0.3, -0.25) is 4.79 Å². The molecule has 3 heterocycles. The standard InChI is InChI=1S/C10H14N4O2S/c1-11-10-14-13-9(17-10)8(15)12-6-4-5-2-3-7(6)16-5/h5-7H,2-4H2,1H3,(H,11,14)(H,12,15). The fourth-order valence-corrected chi connectivity index (χ4v) is 3.04. The first-order valence-electron chi connectivity index (χ1n) is 5.74. The van der Waals surface area contributed by atoms with Crippen molar-refractivity contribution >= 4 is 22.4 Å². The first-order chi connectivity index (χ1) is 8.26. The van der Waals surface area contributed by atoms with Gasteiger partial charge in [0.05, 0.1) is 18.2 Å². The van der Waals surface area contributed by atoms with Gasteiger partial charge < -0.3 is 15.4 Å². The molecule has 92 valence electrons. The predicted molar refractivity (Wildman–Crippen MR) is 63.2 cm³/mol. The van der Waals surface area contributed by atoms with E-state index in [1.54, 1.807) is 7.05 Å². The maximum absolute atomic E-state index is 11.9. The van der Waals surface area contributed by atoms with Gasteiger partial charge in [-0.2, -0.15) is 0 Å². The monoisotopic (exact) mass is 254 g/mol. The summed E-state index contributed by atoms with van der Waals surface area (Å²) in [7, 11) is 1.76. The van der Waals surface area contributed by atoms with E-state index < -0.39 is 0 Å². The van der Waals surface area contributed by atoms with E-state index >= 15 is 0 Å². The van der Waals surface area contributed by atoms with Crippen LogP contribution in [-0.2, 0) is 4.74 Å². The van der Waals surface area contributed by atoms with Crippen molar-refractivity contribution in [3.8, 4) is 0 Å². The molecule has 3 rings (SSSR count). The van der Waals surface area contributed by atoms with Crippen LogP contribution in [0.5, 0.6) is 0 Å². The van der Waals surface area contributed by atoms with Crippen LogP contribution in [0.2, 0.25) is 0 Å². The van der Waals surface area contributed by atoms with E-state index in [0.717, 1.165) is 19.3 Å². The fourth-order valence-electron chi connectivity index (χ4n) is 2.44. The lowest BCUT2D eigenvalue weighted by Crippen LogP contribution is -2.41. The number of nitrogens with one attached hydrogen (secondary N) is 2. The second kappa shape index (κ2) is 4.23. The molecule has 7 heteroatoms. The smallest absolute Gasteiger partial charge is 0.282 e. The molecule has 0 radical (unpaired) electrons. The summed E-state index contributed by atoms with van der Waals surface area (Å²) in [6.45, 7) is 0. The number of fused-ring (bicyclic) bond motifs is 2. The molecule has 0 aromatic carbocycles. The third-order valence-electron chi connectivity index (χ3n) is 3.26. The number of nitrogens with zero attached hydrogens (tertiary/aromatic N) is 2. The summed E-state index contributed by atoms with van der Waals surface area (Å²) in [5.41, 5.74) is 0. The lowest BCUT2D eigenvalue weighted by Gasteiger charge is -2.18. The van der Waals surface area contributed by atoms with E-state index in [2.05, 4.69) is 20.8 Å². The summed E-state index contributed by atoms with van der Waals surface area (Å²) >= 11 is 1.26. The molecule has 3 atom stereocenters. The second-order valence-electron chi connectivity index (χ2n) is 4.35. The van der Waals surface area contributed by atoms with Crippen molar-refractivity contribution in [2.24, 2.45) is 0 Å². The zero-order valence-electron chi connectivity index (χ0n) is 9.47. The van der Waals surface area contributed by atoms with Gasteiger partial charge in [0.1, 0.15) is 0 Å². The quantitative estimate of drug-likeness (QED) is 0.827. The SMILES string of the molecule is CNc1nnc(C(=O)NC2CC3CCC2O3)s1. The second-order valence-corrected chi connectivity index (χ2v) is 5.33. The van der Waals surface area contributed by atoms with E-state index in [1.807, 2.05) is 0 Å². The van der Waals surface area contributed by atoms with Crippen molar-refractivity contribution in [2.75, 3.05) is 12.4 Å². The molecule has 2 bridgehead atoms. The minimum atomic E-state index is -0.148. The number of amides is 1. The highest BCUT2D eigenvalue weighted by atomic mass is 32.1. The normalized spacial score (nSPS) is 30.5. The molecular weight excluding hydrogens is 240 g/mol. The van der Waals surface area contributed by atoms with E-state index in [0.29, 0.717) is 16.2 Å². The highest BCUT2D eigenvalue weighted by molar-refractivity contribution is 7.17. The minimum absolute atomic E-state index is 0.142. The lowest BCUT2D eigenvalue weighted by atomic mass is 9.95. The van der Waals surface area contributed by atoms with Crippen molar-refractivity contribution < 1.29 is 9.53 Å². The van der Waals surface area contributed by atoms with E-state index in [4.69, 9.17) is 4.74 Å². The maximum Gasteiger partial charge on any atom is 0.282 e. The van der Waals surface area contributed by atoms with Gasteiger partial charge in [-0.1, -0.05) is 11.3 Å². The number of carbonyl (C=O) groups is 1. The van der Waals surface area contributed by atoms with Crippen LogP contribution in [0, 0.1) is 0 Å². The molecule has 0 aliphatic carbocycles. The predicted octanol–water partition coefficient (Wildman–Crippen LogP) is 0.629. The van der Waals surface area contributed by atoms with Gasteiger partial charge in [0.25, 0.3) is 5.91 Å². The highest BCUT2D eigenvalue weighted by Gasteiger charge is 2.41. The molecule has 2 fully saturated rings. The van der Waals surface area contributed by atoms with Gasteiger partial charge in [-0.15, -0.1) is 10.2 Å². The number of hydrogen-bond acceptors (Lipinski definition) is 6. The average Bonchev–Trinajstić information content (AvgIpc) is 3.04. The Bertz CT molecular complexity index is 436. The number of rotatable bonds is 3. The molecule has 2 saturated heterocycles. The Morgan fingerprint density at radius 3 is 2.94 bits per heavy atom. The van der Waals surface area contributed by atoms with Crippen LogP contribution in [0.4, 0.5) is 5.13 Å². The topological polar surface area (TPSA) is 76.1 Å². The summed E-state index contributed by atoms with van der Waals surface area (Å²) in [5, 5.41) is 14.6. The van der Waals surface area contributed by atoms with Crippen LogP contribution >= 0.6 is 11.3 Å². The van der Waals surface area contributed by atoms with Crippen molar-refractivity contribution in [3.05, 3.63) is 5.01 Å². The zero-order valence-corrected chi connectivity index (χ0v) is 10.3. The minimum Gasteiger partial charge on any atom is -0.373 e. The Kier molecular flexibility index (Phi) is 2.71. The number of hydrogen-bond donors (Lipinski definition) is 2. The van der Waals surface area contributed by atoms with E-state index in [-0.39, 0.29) is 18.1 Å². The van der Waals surface area contributed by atoms with Crippen molar-refractivity contribution in [1.82, 2.24) is 15.5 Å². The molecule has 3 unspecified atom stereocenters. The third kappa shape index (κ3) is 2.00. The molecule has 1 amide bonds. The van der Waals surface area contributed by atoms with Gasteiger partial charge in [0.2, 0.25) is 10.1 Å². The molecule has 6 nitrogen and oxygen atoms in total. The maximum atomic E-state index is 11.9. The van der Waals surface area contributed by atoms with Crippen LogP contribution in [0.25, 0.3) is 0 Å². The van der Waals surface area contributed by atoms with Crippen LogP contribution in [0.15, 0.2) is 0 Å². The summed E-state index contributed by atoms with van der Waals surface area (Å²) < 4.78 is 5.69. The Morgan fingerprint density at radius 1 is 1.47 bits per heavy atom. The summed E-state index contributed by atoms with van der Waals surface area (Å²) in [5.74, 6) is -0.148. The Labute approximate surface area is 103 Å². The zero-order chi connectivity index (χ0) is 11.8. The molecule has 1 aromatic heterocycles. The van der Waals surface area contributed by atoms with Gasteiger partial charge in [-0.05, 0) is 19.3 Å². The van der Waals surface area contributed by atoms with E-state index in [9.17, 15) is 4.79 Å². The third-order valence-corrected chi connectivity index (χ3v) is 4.20. The van der Waals surface area contributed by atoms with Gasteiger partial charge in [0, 0.05) is 7.05 Å². The van der Waals surface area contributed by atoms with E-state index in [1.165, 1.54) is 11.3 Å². The van der Waals surface area contributed by atoms with Crippen LogP contribution in [-0.4, -0.2) is 41.4 Å². The molecule has 17 heavy (non-hydrogen) atoms. The van der Waals surface area contributed by atoms with Crippen LogP contribution in [0.3, 0.4) is 0 Å². The molecular formula is C10H14N4O2S. The largest absolute Gasteiger partial charge is 0.373 e. The average molecular weight is 254 g/mol. The summed E-state index contributed by atoms with van der Waals surface area (Å²) in [4.78, 5) is 11.9. The van der Waals surface area contributed by atoms with Crippen LogP contribution < -0.4 is 10.6 Å². The van der Waals surface area contributed by atoms with Gasteiger partial charge in [0.15, 0.2) is 0 Å². The Hall–Kier alpha value is -1.21. The molecule has 0 saturated carbocycles. The molecule has 2 aliphatic heterocycles. The molecule has 0 spiro atoms. The number of ether oxygens (including phenoxy) is 1. The van der Waals surface area contributed by atoms with Crippen LogP contribution in [0.1, 0.15) is 29.1 Å². The summed E-state index contributed by atoms with van der Waals surface area (Å²) in [6.07, 6.45) is 3.63. The van der Waals surface area contributed by atoms with Crippen molar-refractivity contribution in [1.29, 1.82) is 0 Å². The molecule has 1 aromatic rings. The Balaban J connectivity index is 1.63. The Morgan fingerprint density at radius 2 is 2.35 bits per heavy atom.